The van der Waals surface area contributed by atoms with Crippen molar-refractivity contribution in [3.05, 3.63) is 23.0 Å². The van der Waals surface area contributed by atoms with Crippen LogP contribution in [0.3, 0.4) is 0 Å². The van der Waals surface area contributed by atoms with Crippen molar-refractivity contribution in [2.75, 3.05) is 11.6 Å². The Kier molecular flexibility index (Phi) is 2.36. The van der Waals surface area contributed by atoms with Crippen molar-refractivity contribution < 1.29 is 12.8 Å². The highest BCUT2D eigenvalue weighted by molar-refractivity contribution is 7.89. The fourth-order valence-electron chi connectivity index (χ4n) is 2.05. The summed E-state index contributed by atoms with van der Waals surface area (Å²) >= 11 is 6.01. The van der Waals surface area contributed by atoms with Crippen LogP contribution in [0.5, 0.6) is 0 Å². The smallest absolute Gasteiger partial charge is 0.247 e. The van der Waals surface area contributed by atoms with Gasteiger partial charge in [-0.05, 0) is 25.0 Å². The van der Waals surface area contributed by atoms with E-state index in [9.17, 15) is 12.8 Å². The second kappa shape index (κ2) is 3.57. The van der Waals surface area contributed by atoms with Crippen LogP contribution in [-0.2, 0) is 10.0 Å². The van der Waals surface area contributed by atoms with Crippen LogP contribution in [0.15, 0.2) is 17.0 Å². The molecule has 1 saturated carbocycles. The molecule has 0 saturated heterocycles. The number of benzene rings is 1. The van der Waals surface area contributed by atoms with Gasteiger partial charge in [0.2, 0.25) is 10.0 Å². The molecule has 0 spiro atoms. The molecule has 1 aromatic rings. The van der Waals surface area contributed by atoms with E-state index in [4.69, 9.17) is 11.6 Å². The number of hydrogen-bond acceptors (Lipinski definition) is 3. The molecule has 0 atom stereocenters. The zero-order chi connectivity index (χ0) is 12.2. The molecule has 0 aromatic heterocycles. The average molecular weight is 277 g/mol. The van der Waals surface area contributed by atoms with Gasteiger partial charge in [0.1, 0.15) is 10.7 Å². The molecule has 3 rings (SSSR count). The van der Waals surface area contributed by atoms with Crippen molar-refractivity contribution in [1.29, 1.82) is 0 Å². The molecule has 92 valence electrons. The lowest BCUT2D eigenvalue weighted by atomic mass is 10.2. The number of anilines is 1. The molecule has 0 amide bonds. The van der Waals surface area contributed by atoms with Gasteiger partial charge in [-0.3, -0.25) is 0 Å². The molecule has 1 heterocycles. The third-order valence-corrected chi connectivity index (χ3v) is 4.74. The molecular formula is C10H10ClFN2O2S. The van der Waals surface area contributed by atoms with Gasteiger partial charge in [-0.25, -0.2) is 12.8 Å². The van der Waals surface area contributed by atoms with E-state index < -0.39 is 15.8 Å². The zero-order valence-electron chi connectivity index (χ0n) is 8.78. The van der Waals surface area contributed by atoms with Crippen LogP contribution in [0.4, 0.5) is 10.1 Å². The Morgan fingerprint density at radius 2 is 2.12 bits per heavy atom. The number of hydrogen-bond donors (Lipinski definition) is 1. The topological polar surface area (TPSA) is 49.4 Å². The lowest BCUT2D eigenvalue weighted by molar-refractivity contribution is 0.543. The normalized spacial score (nSPS) is 22.4. The van der Waals surface area contributed by atoms with Crippen molar-refractivity contribution in [2.45, 2.75) is 23.8 Å². The van der Waals surface area contributed by atoms with E-state index in [2.05, 4.69) is 4.72 Å². The number of sulfonamides is 1. The molecule has 0 bridgehead atoms. The van der Waals surface area contributed by atoms with Gasteiger partial charge in [0.15, 0.2) is 0 Å². The summed E-state index contributed by atoms with van der Waals surface area (Å²) in [7, 11) is -3.79. The number of halogens is 2. The summed E-state index contributed by atoms with van der Waals surface area (Å²) in [4.78, 5) is 1.49. The summed E-state index contributed by atoms with van der Waals surface area (Å²) < 4.78 is 39.6. The van der Waals surface area contributed by atoms with Crippen LogP contribution >= 0.6 is 11.6 Å². The molecule has 1 aliphatic carbocycles. The molecule has 1 aromatic carbocycles. The van der Waals surface area contributed by atoms with Crippen LogP contribution < -0.4 is 9.62 Å². The summed E-state index contributed by atoms with van der Waals surface area (Å²) in [6.45, 7) is 0.156. The Hall–Kier alpha value is -0.850. The van der Waals surface area contributed by atoms with Gasteiger partial charge in [0, 0.05) is 6.04 Å². The third-order valence-electron chi connectivity index (χ3n) is 3.00. The highest BCUT2D eigenvalue weighted by Crippen LogP contribution is 2.42. The van der Waals surface area contributed by atoms with Gasteiger partial charge in [0.05, 0.1) is 17.4 Å². The average Bonchev–Trinajstić information content (AvgIpc) is 3.06. The number of rotatable bonds is 1. The Morgan fingerprint density at radius 1 is 1.41 bits per heavy atom. The Balaban J connectivity index is 2.27. The van der Waals surface area contributed by atoms with Gasteiger partial charge in [-0.15, -0.1) is 0 Å². The first-order valence-corrected chi connectivity index (χ1v) is 7.11. The predicted molar refractivity (Wildman–Crippen MR) is 62.1 cm³/mol. The molecule has 2 aliphatic rings. The molecule has 7 heteroatoms. The number of nitrogens with zero attached hydrogens (tertiary/aromatic N) is 1. The number of fused-ring (bicyclic) bond motifs is 1. The van der Waals surface area contributed by atoms with Crippen molar-refractivity contribution >= 4 is 27.3 Å². The van der Waals surface area contributed by atoms with Crippen LogP contribution in [0, 0.1) is 5.82 Å². The van der Waals surface area contributed by atoms with Gasteiger partial charge >= 0.3 is 0 Å². The third kappa shape index (κ3) is 1.71. The number of nitrogens with one attached hydrogen (secondary N) is 1. The van der Waals surface area contributed by atoms with Gasteiger partial charge < -0.3 is 4.90 Å². The minimum atomic E-state index is -3.79. The first kappa shape index (κ1) is 11.3. The molecule has 0 radical (unpaired) electrons. The van der Waals surface area contributed by atoms with Gasteiger partial charge in [-0.2, -0.15) is 4.72 Å². The second-order valence-electron chi connectivity index (χ2n) is 4.21. The van der Waals surface area contributed by atoms with Crippen molar-refractivity contribution in [2.24, 2.45) is 0 Å². The standard InChI is InChI=1S/C10H10ClFN2O2S/c11-7-3-4-8(12)10-9(7)14(6-1-2-6)5-13-17(10,15)16/h3-4,6,13H,1-2,5H2. The highest BCUT2D eigenvalue weighted by Gasteiger charge is 2.39. The molecule has 1 fully saturated rings. The minimum absolute atomic E-state index is 0.156. The van der Waals surface area contributed by atoms with Crippen molar-refractivity contribution in [3.63, 3.8) is 0 Å². The summed E-state index contributed by atoms with van der Waals surface area (Å²) in [5.74, 6) is -0.762. The SMILES string of the molecule is O=S1(=O)NCN(C2CC2)c2c(Cl)ccc(F)c21. The van der Waals surface area contributed by atoms with Crippen molar-refractivity contribution in [1.82, 2.24) is 4.72 Å². The predicted octanol–water partition coefficient (Wildman–Crippen LogP) is 1.70. The maximum absolute atomic E-state index is 13.7. The fraction of sp³-hybridized carbons (Fsp3) is 0.400. The summed E-state index contributed by atoms with van der Waals surface area (Å²) in [6.07, 6.45) is 1.96. The summed E-state index contributed by atoms with van der Waals surface area (Å²) in [5, 5.41) is 0.276. The summed E-state index contributed by atoms with van der Waals surface area (Å²) in [6, 6.07) is 2.74. The lowest BCUT2D eigenvalue weighted by Gasteiger charge is -2.32. The summed E-state index contributed by atoms with van der Waals surface area (Å²) in [5.41, 5.74) is 0.299. The highest BCUT2D eigenvalue weighted by atomic mass is 35.5. The van der Waals surface area contributed by atoms with E-state index in [1.165, 1.54) is 6.07 Å². The van der Waals surface area contributed by atoms with Crippen LogP contribution in [0.1, 0.15) is 12.8 Å². The molecule has 4 nitrogen and oxygen atoms in total. The maximum Gasteiger partial charge on any atom is 0.247 e. The van der Waals surface area contributed by atoms with Gasteiger partial charge in [0.25, 0.3) is 0 Å². The van der Waals surface area contributed by atoms with Crippen molar-refractivity contribution in [3.8, 4) is 0 Å². The quantitative estimate of drug-likeness (QED) is 0.849. The Morgan fingerprint density at radius 3 is 2.76 bits per heavy atom. The maximum atomic E-state index is 13.7. The van der Waals surface area contributed by atoms with Crippen LogP contribution in [0.2, 0.25) is 5.02 Å². The molecule has 0 unspecified atom stereocenters. The zero-order valence-corrected chi connectivity index (χ0v) is 10.4. The molecule has 1 aliphatic heterocycles. The molecule has 17 heavy (non-hydrogen) atoms. The van der Waals surface area contributed by atoms with Crippen LogP contribution in [0.25, 0.3) is 0 Å². The first-order chi connectivity index (χ1) is 8.00. The van der Waals surface area contributed by atoms with Crippen LogP contribution in [-0.4, -0.2) is 21.1 Å². The Labute approximate surface area is 103 Å². The van der Waals surface area contributed by atoms with E-state index in [1.54, 1.807) is 0 Å². The van der Waals surface area contributed by atoms with E-state index in [0.717, 1.165) is 18.9 Å². The van der Waals surface area contributed by atoms with E-state index in [1.807, 2.05) is 4.90 Å². The van der Waals surface area contributed by atoms with E-state index in [0.29, 0.717) is 5.69 Å². The molecule has 1 N–H and O–H groups in total. The van der Waals surface area contributed by atoms with E-state index >= 15 is 0 Å². The second-order valence-corrected chi connectivity index (χ2v) is 6.32. The van der Waals surface area contributed by atoms with E-state index in [-0.39, 0.29) is 22.6 Å². The monoisotopic (exact) mass is 276 g/mol. The first-order valence-electron chi connectivity index (χ1n) is 5.25. The van der Waals surface area contributed by atoms with Gasteiger partial charge in [-0.1, -0.05) is 11.6 Å². The lowest BCUT2D eigenvalue weighted by Crippen LogP contribution is -2.44. The minimum Gasteiger partial charge on any atom is -0.352 e. The molecular weight excluding hydrogens is 267 g/mol. The largest absolute Gasteiger partial charge is 0.352 e. The fourth-order valence-corrected chi connectivity index (χ4v) is 3.63. The Bertz CT molecular complexity index is 586.